The van der Waals surface area contributed by atoms with Crippen molar-refractivity contribution in [3.63, 3.8) is 0 Å². The zero-order chi connectivity index (χ0) is 4.50. The van der Waals surface area contributed by atoms with Gasteiger partial charge in [0.2, 0.25) is 0 Å². The molecule has 4 N–H and O–H groups in total. The third-order valence-corrected chi connectivity index (χ3v) is 0. The van der Waals surface area contributed by atoms with Gasteiger partial charge in [0.1, 0.15) is 0 Å². The van der Waals surface area contributed by atoms with Crippen molar-refractivity contribution in [2.24, 2.45) is 0 Å². The first-order valence-corrected chi connectivity index (χ1v) is 2.10. The normalized spacial score (nSPS) is 7.25. The van der Waals surface area contributed by atoms with Crippen molar-refractivity contribution in [2.45, 2.75) is 0 Å². The van der Waals surface area contributed by atoms with Gasteiger partial charge in [-0.1, -0.05) is 0 Å². The Kier molecular flexibility index (Phi) is 25.3. The van der Waals surface area contributed by atoms with E-state index in [2.05, 4.69) is 0 Å². The number of hydrogen-bond donors (Lipinski definition) is 2. The molecule has 1 radical (unpaired) electrons. The molecule has 0 aromatic heterocycles. The molecule has 0 aliphatic rings. The van der Waals surface area contributed by atoms with Crippen LogP contribution in [0.2, 0.25) is 0 Å². The van der Waals surface area contributed by atoms with Crippen molar-refractivity contribution in [1.82, 2.24) is 0 Å². The third-order valence-electron chi connectivity index (χ3n) is 0. The fourth-order valence-electron chi connectivity index (χ4n) is 0. The minimum atomic E-state index is -4.67. The first kappa shape index (κ1) is 22.5. The van der Waals surface area contributed by atoms with Crippen LogP contribution >= 0.6 is 0 Å². The molecule has 5 nitrogen and oxygen atoms in total. The van der Waals surface area contributed by atoms with E-state index in [1.54, 1.807) is 0 Å². The fraction of sp³-hybridized carbons (Fsp3) is 0. The fourth-order valence-corrected chi connectivity index (χ4v) is 0. The first-order valence-electron chi connectivity index (χ1n) is 0.698. The quantitative estimate of drug-likeness (QED) is 0.359. The second kappa shape index (κ2) is 9.00. The molecule has 0 fully saturated rings. The molecule has 0 aromatic carbocycles. The molecule has 0 spiro atoms. The van der Waals surface area contributed by atoms with E-state index >= 15 is 0 Å². The van der Waals surface area contributed by atoms with Crippen molar-refractivity contribution in [2.75, 3.05) is 0 Å². The molecule has 47 valence electrons. The van der Waals surface area contributed by atoms with Crippen LogP contribution in [0.4, 0.5) is 0 Å². The van der Waals surface area contributed by atoms with E-state index in [4.69, 9.17) is 17.5 Å². The van der Waals surface area contributed by atoms with Crippen molar-refractivity contribution < 1.29 is 40.4 Å². The van der Waals surface area contributed by atoms with Gasteiger partial charge in [0.15, 0.2) is 0 Å². The van der Waals surface area contributed by atoms with Gasteiger partial charge in [-0.3, -0.25) is 9.11 Å². The van der Waals surface area contributed by atoms with Crippen molar-refractivity contribution in [1.29, 1.82) is 0 Å². The zero-order valence-electron chi connectivity index (χ0n) is 4.03. The van der Waals surface area contributed by atoms with E-state index in [1.807, 2.05) is 0 Å². The van der Waals surface area contributed by atoms with E-state index in [0.29, 0.717) is 0 Å². The monoisotopic (exact) mass is 207 g/mol. The minimum Gasteiger partial charge on any atom is -0.412 e. The summed E-state index contributed by atoms with van der Waals surface area (Å²) in [7, 11) is -4.67. The van der Waals surface area contributed by atoms with Gasteiger partial charge in [-0.25, -0.2) is 0 Å². The summed E-state index contributed by atoms with van der Waals surface area (Å²) in [4.78, 5) is 0. The van der Waals surface area contributed by atoms with Crippen LogP contribution in [0, 0.1) is 0 Å². The van der Waals surface area contributed by atoms with Crippen LogP contribution in [-0.4, -0.2) is 74.4 Å². The van der Waals surface area contributed by atoms with Gasteiger partial charge in [0.25, 0.3) is 0 Å². The van der Waals surface area contributed by atoms with Gasteiger partial charge in [-0.15, -0.1) is 0 Å². The smallest absolute Gasteiger partial charge is 0.394 e. The van der Waals surface area contributed by atoms with E-state index in [9.17, 15) is 0 Å². The van der Waals surface area contributed by atoms with Gasteiger partial charge in [0.05, 0.1) is 0 Å². The van der Waals surface area contributed by atoms with Crippen molar-refractivity contribution in [3.8, 4) is 0 Å². The van der Waals surface area contributed by atoms with E-state index in [-0.39, 0.29) is 74.2 Å². The zero-order valence-corrected chi connectivity index (χ0v) is 9.24. The van der Waals surface area contributed by atoms with Crippen molar-refractivity contribution >= 4 is 61.8 Å². The molecule has 0 heterocycles. The maximum Gasteiger partial charge on any atom is 0.394 e. The largest absolute Gasteiger partial charge is 0.412 e. The molecule has 0 aliphatic carbocycles. The molecule has 0 aromatic rings. The molecular weight excluding hydrogens is 203 g/mol. The summed E-state index contributed by atoms with van der Waals surface area (Å²) < 4.78 is 31.6. The van der Waals surface area contributed by atoms with Crippen LogP contribution < -0.4 is 0 Å². The van der Waals surface area contributed by atoms with Crippen LogP contribution in [0.3, 0.4) is 0 Å². The van der Waals surface area contributed by atoms with Crippen LogP contribution in [0.1, 0.15) is 0 Å². The topological polar surface area (TPSA) is 106 Å². The Labute approximate surface area is 100 Å². The predicted octanol–water partition coefficient (Wildman–Crippen LogP) is -1.86. The van der Waals surface area contributed by atoms with Gasteiger partial charge >= 0.3 is 10.4 Å². The van der Waals surface area contributed by atoms with Crippen LogP contribution in [0.25, 0.3) is 0 Å². The van der Waals surface area contributed by atoms with Gasteiger partial charge in [0, 0.05) is 68.7 Å². The van der Waals surface area contributed by atoms with Crippen LogP contribution in [0.15, 0.2) is 0 Å². The Morgan fingerprint density at radius 3 is 1.12 bits per heavy atom. The summed E-state index contributed by atoms with van der Waals surface area (Å²) in [5, 5.41) is 0. The summed E-state index contributed by atoms with van der Waals surface area (Å²) in [6.07, 6.45) is 0. The molecule has 0 atom stereocenters. The molecule has 0 aliphatic heterocycles. The SMILES string of the molecule is O.O=S(=O)(O)O.[Cr].[K]. The Balaban J connectivity index is -0.0000000267. The Morgan fingerprint density at radius 1 is 1.12 bits per heavy atom. The molecule has 8 heavy (non-hydrogen) atoms. The number of hydrogen-bond acceptors (Lipinski definition) is 2. The summed E-state index contributed by atoms with van der Waals surface area (Å²) >= 11 is 0. The third kappa shape index (κ3) is 98.1. The molecule has 0 rings (SSSR count). The van der Waals surface area contributed by atoms with Gasteiger partial charge < -0.3 is 5.48 Å². The van der Waals surface area contributed by atoms with E-state index < -0.39 is 10.4 Å². The molecule has 0 amide bonds. The molecule has 0 saturated carbocycles. The second-order valence-electron chi connectivity index (χ2n) is 0.448. The summed E-state index contributed by atoms with van der Waals surface area (Å²) in [5.41, 5.74) is 0. The Bertz CT molecular complexity index is 95.6. The van der Waals surface area contributed by atoms with Crippen LogP contribution in [-0.2, 0) is 27.8 Å². The second-order valence-corrected chi connectivity index (χ2v) is 1.34. The molecular formula is H4CrKO5S. The summed E-state index contributed by atoms with van der Waals surface area (Å²) in [5.74, 6) is 0. The van der Waals surface area contributed by atoms with Crippen LogP contribution in [0.5, 0.6) is 0 Å². The summed E-state index contributed by atoms with van der Waals surface area (Å²) in [6.45, 7) is 0. The van der Waals surface area contributed by atoms with Gasteiger partial charge in [-0.2, -0.15) is 8.42 Å². The Morgan fingerprint density at radius 2 is 1.12 bits per heavy atom. The standard InChI is InChI=1S/Cr.K.H2O4S.H2O/c;;1-5(2,3)4;/h;;(H2,1,2,3,4);1H2. The Hall–Kier alpha value is 2.00. The van der Waals surface area contributed by atoms with Gasteiger partial charge in [-0.05, 0) is 0 Å². The van der Waals surface area contributed by atoms with Crippen molar-refractivity contribution in [3.05, 3.63) is 0 Å². The molecule has 0 saturated heterocycles. The predicted molar refractivity (Wildman–Crippen MR) is 23.5 cm³/mol. The minimum absolute atomic E-state index is 0. The van der Waals surface area contributed by atoms with E-state index in [0.717, 1.165) is 0 Å². The number of rotatable bonds is 0. The maximum atomic E-state index is 8.74. The summed E-state index contributed by atoms with van der Waals surface area (Å²) in [6, 6.07) is 0. The molecule has 0 unspecified atom stereocenters. The molecule has 8 heteroatoms. The molecule has 0 bridgehead atoms. The van der Waals surface area contributed by atoms with E-state index in [1.165, 1.54) is 0 Å². The first-order chi connectivity index (χ1) is 2.00. The average molecular weight is 207 g/mol. The average Bonchev–Trinajstić information content (AvgIpc) is 0.722. The maximum absolute atomic E-state index is 8.74.